The molecule has 13 heteroatoms. The summed E-state index contributed by atoms with van der Waals surface area (Å²) >= 11 is 6.81. The van der Waals surface area contributed by atoms with E-state index in [1.165, 1.54) is 11.0 Å². The van der Waals surface area contributed by atoms with E-state index in [9.17, 15) is 9.18 Å². The van der Waals surface area contributed by atoms with E-state index in [0.717, 1.165) is 72.5 Å². The first-order chi connectivity index (χ1) is 22.2. The maximum absolute atomic E-state index is 15.3. The number of halogens is 3. The SMILES string of the molecule is CN(C)C(=O)c1nn2c(c1Cl)CN(c1nc(OC[C@@]34CCCN3C[C@H](F)C4)nc3c1CN[C@@]1(CCc4cccc(F)c41)C3)CCC2. The molecule has 1 aromatic carbocycles. The zero-order valence-electron chi connectivity index (χ0n) is 26.3. The van der Waals surface area contributed by atoms with Gasteiger partial charge in [0.15, 0.2) is 5.69 Å². The number of alkyl halides is 1. The monoisotopic (exact) mass is 652 g/mol. The Morgan fingerprint density at radius 3 is 2.91 bits per heavy atom. The highest BCUT2D eigenvalue weighted by Crippen LogP contribution is 2.45. The minimum absolute atomic E-state index is 0.197. The zero-order valence-corrected chi connectivity index (χ0v) is 27.0. The van der Waals surface area contributed by atoms with Gasteiger partial charge in [-0.05, 0) is 50.3 Å². The molecule has 1 spiro atoms. The van der Waals surface area contributed by atoms with Crippen molar-refractivity contribution < 1.29 is 18.3 Å². The van der Waals surface area contributed by atoms with Gasteiger partial charge >= 0.3 is 6.01 Å². The number of anilines is 1. The molecule has 1 amide bonds. The molecule has 2 saturated heterocycles. The van der Waals surface area contributed by atoms with Gasteiger partial charge in [-0.1, -0.05) is 23.7 Å². The minimum Gasteiger partial charge on any atom is -0.461 e. The van der Waals surface area contributed by atoms with Crippen LogP contribution in [0.2, 0.25) is 5.02 Å². The van der Waals surface area contributed by atoms with E-state index in [1.54, 1.807) is 20.2 Å². The lowest BCUT2D eigenvalue weighted by Gasteiger charge is -2.38. The summed E-state index contributed by atoms with van der Waals surface area (Å²) in [7, 11) is 3.37. The Labute approximate surface area is 272 Å². The van der Waals surface area contributed by atoms with E-state index in [0.29, 0.717) is 57.2 Å². The number of nitrogens with zero attached hydrogens (tertiary/aromatic N) is 7. The number of aryl methyl sites for hydroxylation is 2. The molecule has 1 N–H and O–H groups in total. The van der Waals surface area contributed by atoms with Crippen LogP contribution in [0.3, 0.4) is 0 Å². The lowest BCUT2D eigenvalue weighted by Crippen LogP contribution is -2.47. The maximum atomic E-state index is 15.3. The minimum atomic E-state index is -0.858. The highest BCUT2D eigenvalue weighted by atomic mass is 35.5. The fourth-order valence-electron chi connectivity index (χ4n) is 8.55. The number of rotatable bonds is 5. The van der Waals surface area contributed by atoms with Gasteiger partial charge in [-0.3, -0.25) is 14.4 Å². The van der Waals surface area contributed by atoms with Crippen LogP contribution in [0.15, 0.2) is 18.2 Å². The molecule has 1 aliphatic carbocycles. The molecule has 8 rings (SSSR count). The van der Waals surface area contributed by atoms with Gasteiger partial charge in [0.1, 0.15) is 24.4 Å². The summed E-state index contributed by atoms with van der Waals surface area (Å²) in [6.45, 7) is 3.81. The number of aromatic nitrogens is 4. The van der Waals surface area contributed by atoms with Crippen LogP contribution in [0.5, 0.6) is 6.01 Å². The van der Waals surface area contributed by atoms with Crippen LogP contribution in [0, 0.1) is 5.82 Å². The molecule has 46 heavy (non-hydrogen) atoms. The molecule has 0 bridgehead atoms. The van der Waals surface area contributed by atoms with Crippen LogP contribution in [-0.4, -0.2) is 87.5 Å². The van der Waals surface area contributed by atoms with Crippen LogP contribution >= 0.6 is 11.6 Å². The molecule has 4 aliphatic heterocycles. The van der Waals surface area contributed by atoms with Crippen molar-refractivity contribution in [1.29, 1.82) is 0 Å². The predicted octanol–water partition coefficient (Wildman–Crippen LogP) is 4.02. The number of nitrogens with one attached hydrogen (secondary N) is 1. The molecule has 0 radical (unpaired) electrons. The van der Waals surface area contributed by atoms with E-state index in [1.807, 2.05) is 10.7 Å². The Morgan fingerprint density at radius 2 is 2.07 bits per heavy atom. The quantitative estimate of drug-likeness (QED) is 0.442. The molecule has 6 heterocycles. The van der Waals surface area contributed by atoms with Crippen LogP contribution in [0.1, 0.15) is 70.7 Å². The van der Waals surface area contributed by atoms with Crippen molar-refractivity contribution >= 4 is 23.3 Å². The van der Waals surface area contributed by atoms with Crippen molar-refractivity contribution in [1.82, 2.24) is 34.9 Å². The first-order valence-corrected chi connectivity index (χ1v) is 16.7. The third-order valence-corrected chi connectivity index (χ3v) is 11.2. The van der Waals surface area contributed by atoms with Gasteiger partial charge in [0, 0.05) is 64.2 Å². The van der Waals surface area contributed by atoms with Gasteiger partial charge in [0.2, 0.25) is 0 Å². The number of ether oxygens (including phenoxy) is 1. The molecule has 0 saturated carbocycles. The average molecular weight is 653 g/mol. The van der Waals surface area contributed by atoms with E-state index in [2.05, 4.69) is 20.2 Å². The summed E-state index contributed by atoms with van der Waals surface area (Å²) in [6, 6.07) is 5.58. The zero-order chi connectivity index (χ0) is 31.8. The molecule has 2 aromatic heterocycles. The standard InChI is InChI=1S/C33H39ClF2N8O2/c1-41(2)30(45)28-27(34)25-18-42(11-5-13-44(25)40-28)29-22-16-37-33(10-8-20-6-3-7-23(36)26(20)33)15-24(22)38-31(39-29)46-19-32-9-4-12-43(32)17-21(35)14-32/h3,6-7,21,37H,4-5,8-19H2,1-2H3/t21-,32+,33+/m1/s1. The number of fused-ring (bicyclic) bond motifs is 5. The summed E-state index contributed by atoms with van der Waals surface area (Å²) in [5, 5.41) is 8.63. The topological polar surface area (TPSA) is 91.7 Å². The molecular formula is C33H39ClF2N8O2. The largest absolute Gasteiger partial charge is 0.461 e. The second kappa shape index (κ2) is 11.1. The van der Waals surface area contributed by atoms with Crippen LogP contribution in [0.25, 0.3) is 0 Å². The Bertz CT molecular complexity index is 1720. The fraction of sp³-hybridized carbons (Fsp3) is 0.576. The molecule has 0 unspecified atom stereocenters. The van der Waals surface area contributed by atoms with Gasteiger partial charge < -0.3 is 19.9 Å². The molecule has 3 aromatic rings. The van der Waals surface area contributed by atoms with Gasteiger partial charge in [-0.2, -0.15) is 15.1 Å². The predicted molar refractivity (Wildman–Crippen MR) is 168 cm³/mol. The number of carbonyl (C=O) groups is 1. The number of hydrogen-bond donors (Lipinski definition) is 1. The first-order valence-electron chi connectivity index (χ1n) is 16.3. The highest BCUT2D eigenvalue weighted by molar-refractivity contribution is 6.34. The number of hydrogen-bond acceptors (Lipinski definition) is 8. The fourth-order valence-corrected chi connectivity index (χ4v) is 8.83. The van der Waals surface area contributed by atoms with Gasteiger partial charge in [0.05, 0.1) is 34.0 Å². The molecule has 3 atom stereocenters. The van der Waals surface area contributed by atoms with Crippen molar-refractivity contribution in [3.63, 3.8) is 0 Å². The third-order valence-electron chi connectivity index (χ3n) is 10.8. The molecular weight excluding hydrogens is 614 g/mol. The Balaban J connectivity index is 1.17. The molecule has 244 valence electrons. The summed E-state index contributed by atoms with van der Waals surface area (Å²) in [4.78, 5) is 28.7. The van der Waals surface area contributed by atoms with Crippen LogP contribution in [0.4, 0.5) is 14.6 Å². The Morgan fingerprint density at radius 1 is 1.20 bits per heavy atom. The van der Waals surface area contributed by atoms with Crippen molar-refractivity contribution in [2.24, 2.45) is 0 Å². The number of benzene rings is 1. The summed E-state index contributed by atoms with van der Waals surface area (Å²) < 4.78 is 38.1. The van der Waals surface area contributed by atoms with E-state index < -0.39 is 11.7 Å². The second-order valence-electron chi connectivity index (χ2n) is 13.8. The maximum Gasteiger partial charge on any atom is 0.318 e. The van der Waals surface area contributed by atoms with Crippen LogP contribution in [-0.2, 0) is 38.0 Å². The van der Waals surface area contributed by atoms with E-state index in [4.69, 9.17) is 26.3 Å². The Hall–Kier alpha value is -3.35. The number of amides is 1. The normalized spacial score (nSPS) is 26.9. The third kappa shape index (κ3) is 4.78. The smallest absolute Gasteiger partial charge is 0.318 e. The van der Waals surface area contributed by atoms with Gasteiger partial charge in [-0.25, -0.2) is 8.78 Å². The van der Waals surface area contributed by atoms with Crippen molar-refractivity contribution in [3.05, 3.63) is 62.8 Å². The van der Waals surface area contributed by atoms with Crippen LogP contribution < -0.4 is 15.0 Å². The Kier molecular flexibility index (Phi) is 7.26. The summed E-state index contributed by atoms with van der Waals surface area (Å²) in [5.74, 6) is 0.294. The van der Waals surface area contributed by atoms with Gasteiger partial charge in [-0.15, -0.1) is 0 Å². The van der Waals surface area contributed by atoms with Crippen molar-refractivity contribution in [2.45, 2.75) is 81.8 Å². The summed E-state index contributed by atoms with van der Waals surface area (Å²) in [5.41, 5.74) is 3.63. The van der Waals surface area contributed by atoms with Crippen molar-refractivity contribution in [3.8, 4) is 6.01 Å². The highest BCUT2D eigenvalue weighted by Gasteiger charge is 2.50. The molecule has 5 aliphatic rings. The second-order valence-corrected chi connectivity index (χ2v) is 14.2. The number of carbonyl (C=O) groups excluding carboxylic acids is 1. The molecule has 2 fully saturated rings. The lowest BCUT2D eigenvalue weighted by molar-refractivity contribution is 0.0821. The van der Waals surface area contributed by atoms with Gasteiger partial charge in [0.25, 0.3) is 5.91 Å². The lowest BCUT2D eigenvalue weighted by atomic mass is 9.82. The average Bonchev–Trinajstić information content (AvgIpc) is 3.71. The van der Waals surface area contributed by atoms with E-state index >= 15 is 4.39 Å². The van der Waals surface area contributed by atoms with E-state index in [-0.39, 0.29) is 29.0 Å². The van der Waals surface area contributed by atoms with Crippen molar-refractivity contribution in [2.75, 3.05) is 45.2 Å². The molecule has 10 nitrogen and oxygen atoms in total. The summed E-state index contributed by atoms with van der Waals surface area (Å²) in [6.07, 6.45) is 4.33. The first kappa shape index (κ1) is 30.0.